The van der Waals surface area contributed by atoms with Gasteiger partial charge in [-0.25, -0.2) is 4.98 Å². The van der Waals surface area contributed by atoms with Gasteiger partial charge in [0, 0.05) is 6.54 Å². The van der Waals surface area contributed by atoms with Gasteiger partial charge in [-0.2, -0.15) is 5.26 Å². The molecule has 2 unspecified atom stereocenters. The predicted octanol–water partition coefficient (Wildman–Crippen LogP) is 2.77. The Balaban J connectivity index is 1.99. The fourth-order valence-corrected chi connectivity index (χ4v) is 2.63. The average molecular weight is 244 g/mol. The lowest BCUT2D eigenvalue weighted by Gasteiger charge is -2.29. The number of hydrogen-bond acceptors (Lipinski definition) is 4. The zero-order valence-electron chi connectivity index (χ0n) is 10.8. The summed E-state index contributed by atoms with van der Waals surface area (Å²) < 4.78 is 0. The lowest BCUT2D eigenvalue weighted by Crippen LogP contribution is -2.24. The Morgan fingerprint density at radius 2 is 2.28 bits per heavy atom. The summed E-state index contributed by atoms with van der Waals surface area (Å²) in [4.78, 5) is 4.20. The molecule has 0 radical (unpaired) electrons. The number of nitrogens with zero attached hydrogens (tertiary/aromatic N) is 2. The monoisotopic (exact) mass is 244 g/mol. The molecule has 1 aliphatic rings. The van der Waals surface area contributed by atoms with Gasteiger partial charge in [0.2, 0.25) is 0 Å². The van der Waals surface area contributed by atoms with Crippen LogP contribution in [0.2, 0.25) is 0 Å². The molecule has 18 heavy (non-hydrogen) atoms. The molecule has 1 aliphatic carbocycles. The molecule has 1 saturated carbocycles. The fraction of sp³-hybridized carbons (Fsp3) is 0.571. The summed E-state index contributed by atoms with van der Waals surface area (Å²) in [5, 5.41) is 12.3. The topological polar surface area (TPSA) is 74.7 Å². The van der Waals surface area contributed by atoms with Crippen LogP contribution in [0.4, 0.5) is 11.5 Å². The van der Waals surface area contributed by atoms with Gasteiger partial charge in [-0.1, -0.05) is 26.2 Å². The fourth-order valence-electron chi connectivity index (χ4n) is 2.63. The smallest absolute Gasteiger partial charge is 0.144 e. The van der Waals surface area contributed by atoms with E-state index >= 15 is 0 Å². The minimum Gasteiger partial charge on any atom is -0.397 e. The molecule has 0 bridgehead atoms. The van der Waals surface area contributed by atoms with Gasteiger partial charge >= 0.3 is 0 Å². The number of anilines is 2. The van der Waals surface area contributed by atoms with E-state index in [0.717, 1.165) is 12.5 Å². The third kappa shape index (κ3) is 2.92. The molecular formula is C14H20N4. The van der Waals surface area contributed by atoms with E-state index in [1.807, 2.05) is 0 Å². The van der Waals surface area contributed by atoms with Crippen molar-refractivity contribution in [3.63, 3.8) is 0 Å². The molecule has 1 aromatic heterocycles. The summed E-state index contributed by atoms with van der Waals surface area (Å²) >= 11 is 0. The van der Waals surface area contributed by atoms with Crippen molar-refractivity contribution in [2.24, 2.45) is 11.8 Å². The van der Waals surface area contributed by atoms with Crippen molar-refractivity contribution in [2.75, 3.05) is 17.6 Å². The van der Waals surface area contributed by atoms with Crippen LogP contribution in [0.3, 0.4) is 0 Å². The minimum absolute atomic E-state index is 0.526. The molecule has 0 saturated heterocycles. The maximum absolute atomic E-state index is 9.05. The van der Waals surface area contributed by atoms with Crippen LogP contribution in [-0.4, -0.2) is 11.5 Å². The Morgan fingerprint density at radius 3 is 3.00 bits per heavy atom. The Kier molecular flexibility index (Phi) is 4.03. The molecule has 0 aromatic carbocycles. The highest BCUT2D eigenvalue weighted by Crippen LogP contribution is 2.29. The third-order valence-electron chi connectivity index (χ3n) is 3.85. The Hall–Kier alpha value is -1.76. The number of nitrogens with one attached hydrogen (secondary N) is 1. The maximum atomic E-state index is 9.05. The van der Waals surface area contributed by atoms with Gasteiger partial charge in [0.1, 0.15) is 11.9 Å². The molecule has 4 heteroatoms. The zero-order chi connectivity index (χ0) is 13.0. The number of hydrogen-bond donors (Lipinski definition) is 2. The molecule has 0 amide bonds. The van der Waals surface area contributed by atoms with E-state index in [4.69, 9.17) is 11.0 Å². The van der Waals surface area contributed by atoms with Crippen LogP contribution in [0, 0.1) is 23.2 Å². The van der Waals surface area contributed by atoms with Crippen molar-refractivity contribution in [1.29, 1.82) is 5.26 Å². The number of nitrogens with two attached hydrogens (primary N) is 1. The first-order chi connectivity index (χ1) is 8.70. The Bertz CT molecular complexity index is 450. The Labute approximate surface area is 108 Å². The second-order valence-corrected chi connectivity index (χ2v) is 5.18. The van der Waals surface area contributed by atoms with Gasteiger partial charge < -0.3 is 11.1 Å². The summed E-state index contributed by atoms with van der Waals surface area (Å²) in [5.74, 6) is 2.10. The van der Waals surface area contributed by atoms with Crippen molar-refractivity contribution >= 4 is 11.5 Å². The second-order valence-electron chi connectivity index (χ2n) is 5.18. The van der Waals surface area contributed by atoms with Gasteiger partial charge in [-0.05, 0) is 24.3 Å². The highest BCUT2D eigenvalue weighted by atomic mass is 15.0. The summed E-state index contributed by atoms with van der Waals surface area (Å²) in [6.07, 6.45) is 6.84. The second kappa shape index (κ2) is 5.72. The zero-order valence-corrected chi connectivity index (χ0v) is 10.8. The van der Waals surface area contributed by atoms with E-state index < -0.39 is 0 Å². The van der Waals surface area contributed by atoms with E-state index in [1.165, 1.54) is 25.7 Å². The minimum atomic E-state index is 0.526. The Morgan fingerprint density at radius 1 is 1.50 bits per heavy atom. The molecule has 1 fully saturated rings. The number of aromatic nitrogens is 1. The molecule has 0 aliphatic heterocycles. The summed E-state index contributed by atoms with van der Waals surface area (Å²) in [7, 11) is 0. The third-order valence-corrected chi connectivity index (χ3v) is 3.85. The first kappa shape index (κ1) is 12.7. The van der Waals surface area contributed by atoms with E-state index in [1.54, 1.807) is 12.3 Å². The largest absolute Gasteiger partial charge is 0.397 e. The van der Waals surface area contributed by atoms with Crippen LogP contribution in [-0.2, 0) is 0 Å². The molecule has 0 spiro atoms. The molecule has 3 N–H and O–H groups in total. The SMILES string of the molecule is CC1CCCCC1CNc1ncc(N)cc1C#N. The summed E-state index contributed by atoms with van der Waals surface area (Å²) in [6, 6.07) is 3.80. The molecule has 96 valence electrons. The molecule has 4 nitrogen and oxygen atoms in total. The van der Waals surface area contributed by atoms with Crippen LogP contribution in [0.1, 0.15) is 38.2 Å². The normalized spacial score (nSPS) is 23.3. The molecule has 1 heterocycles. The number of pyridine rings is 1. The standard InChI is InChI=1S/C14H20N4/c1-10-4-2-3-5-11(10)8-17-14-12(7-15)6-13(16)9-18-14/h6,9-11H,2-5,8,16H2,1H3,(H,17,18). The van der Waals surface area contributed by atoms with Crippen molar-refractivity contribution in [2.45, 2.75) is 32.6 Å². The van der Waals surface area contributed by atoms with Crippen LogP contribution in [0.25, 0.3) is 0 Å². The van der Waals surface area contributed by atoms with Gasteiger partial charge in [0.15, 0.2) is 0 Å². The number of nitrogen functional groups attached to an aromatic ring is 1. The highest BCUT2D eigenvalue weighted by Gasteiger charge is 2.21. The predicted molar refractivity (Wildman–Crippen MR) is 73.0 cm³/mol. The van der Waals surface area contributed by atoms with Crippen LogP contribution < -0.4 is 11.1 Å². The molecule has 2 rings (SSSR count). The highest BCUT2D eigenvalue weighted by molar-refractivity contribution is 5.57. The van der Waals surface area contributed by atoms with Gasteiger partial charge in [0.05, 0.1) is 17.4 Å². The summed E-state index contributed by atoms with van der Waals surface area (Å²) in [5.41, 5.74) is 6.68. The number of nitriles is 1. The van der Waals surface area contributed by atoms with E-state index in [-0.39, 0.29) is 0 Å². The van der Waals surface area contributed by atoms with E-state index in [2.05, 4.69) is 23.3 Å². The van der Waals surface area contributed by atoms with E-state index in [0.29, 0.717) is 23.0 Å². The molecule has 1 aromatic rings. The first-order valence-electron chi connectivity index (χ1n) is 6.60. The van der Waals surface area contributed by atoms with Gasteiger partial charge in [-0.15, -0.1) is 0 Å². The van der Waals surface area contributed by atoms with Crippen molar-refractivity contribution in [3.05, 3.63) is 17.8 Å². The quantitative estimate of drug-likeness (QED) is 0.857. The van der Waals surface area contributed by atoms with Crippen LogP contribution >= 0.6 is 0 Å². The average Bonchev–Trinajstić information content (AvgIpc) is 2.39. The number of rotatable bonds is 3. The van der Waals surface area contributed by atoms with Crippen molar-refractivity contribution < 1.29 is 0 Å². The summed E-state index contributed by atoms with van der Waals surface area (Å²) in [6.45, 7) is 3.21. The van der Waals surface area contributed by atoms with Gasteiger partial charge in [-0.3, -0.25) is 0 Å². The first-order valence-corrected chi connectivity index (χ1v) is 6.60. The maximum Gasteiger partial charge on any atom is 0.144 e. The van der Waals surface area contributed by atoms with Crippen molar-refractivity contribution in [1.82, 2.24) is 4.98 Å². The lowest BCUT2D eigenvalue weighted by molar-refractivity contribution is 0.268. The van der Waals surface area contributed by atoms with Gasteiger partial charge in [0.25, 0.3) is 0 Å². The van der Waals surface area contributed by atoms with E-state index in [9.17, 15) is 0 Å². The molecular weight excluding hydrogens is 224 g/mol. The van der Waals surface area contributed by atoms with Crippen LogP contribution in [0.15, 0.2) is 12.3 Å². The molecule has 2 atom stereocenters. The lowest BCUT2D eigenvalue weighted by atomic mass is 9.80. The van der Waals surface area contributed by atoms with Crippen LogP contribution in [0.5, 0.6) is 0 Å². The van der Waals surface area contributed by atoms with Crippen molar-refractivity contribution in [3.8, 4) is 6.07 Å².